The zero-order chi connectivity index (χ0) is 18.6. The van der Waals surface area contributed by atoms with Crippen molar-refractivity contribution in [3.05, 3.63) is 53.1 Å². The van der Waals surface area contributed by atoms with E-state index in [1.54, 1.807) is 19.1 Å². The molecule has 0 fully saturated rings. The molecule has 6 nitrogen and oxygen atoms in total. The van der Waals surface area contributed by atoms with E-state index in [1.165, 1.54) is 44.5 Å². The molecule has 2 aromatic carbocycles. The Hall–Kier alpha value is -2.25. The minimum absolute atomic E-state index is 0.0144. The zero-order valence-electron chi connectivity index (χ0n) is 14.0. The summed E-state index contributed by atoms with van der Waals surface area (Å²) in [6.45, 7) is 1.87. The number of carbonyl (C=O) groups excluding carboxylic acids is 1. The van der Waals surface area contributed by atoms with Crippen molar-refractivity contribution in [2.24, 2.45) is 0 Å². The first-order valence-electron chi connectivity index (χ1n) is 7.41. The highest BCUT2D eigenvalue weighted by molar-refractivity contribution is 7.92. The Morgan fingerprint density at radius 2 is 1.88 bits per heavy atom. The summed E-state index contributed by atoms with van der Waals surface area (Å²) >= 11 is 6.03. The van der Waals surface area contributed by atoms with Gasteiger partial charge in [-0.15, -0.1) is 0 Å². The van der Waals surface area contributed by atoms with E-state index >= 15 is 0 Å². The maximum absolute atomic E-state index is 12.9. The van der Waals surface area contributed by atoms with Crippen LogP contribution in [-0.4, -0.2) is 35.2 Å². The molecule has 0 atom stereocenters. The molecule has 0 aliphatic rings. The third-order valence-corrected chi connectivity index (χ3v) is 5.58. The first-order valence-corrected chi connectivity index (χ1v) is 9.23. The Morgan fingerprint density at radius 3 is 2.48 bits per heavy atom. The fraction of sp³-hybridized carbons (Fsp3) is 0.235. The van der Waals surface area contributed by atoms with Gasteiger partial charge in [-0.05, 0) is 37.3 Å². The lowest BCUT2D eigenvalue weighted by Gasteiger charge is -2.22. The summed E-state index contributed by atoms with van der Waals surface area (Å²) < 4.78 is 36.8. The molecule has 0 saturated carbocycles. The molecule has 0 heterocycles. The van der Waals surface area contributed by atoms with Gasteiger partial charge >= 0.3 is 5.97 Å². The van der Waals surface area contributed by atoms with Crippen molar-refractivity contribution in [2.45, 2.75) is 11.8 Å². The van der Waals surface area contributed by atoms with E-state index in [0.29, 0.717) is 5.75 Å². The number of para-hydroxylation sites is 1. The van der Waals surface area contributed by atoms with Crippen molar-refractivity contribution in [1.82, 2.24) is 0 Å². The summed E-state index contributed by atoms with van der Waals surface area (Å²) in [4.78, 5) is 12.1. The highest BCUT2D eigenvalue weighted by Crippen LogP contribution is 2.31. The molecule has 0 saturated heterocycles. The molecule has 0 radical (unpaired) electrons. The number of carbonyl (C=O) groups is 1. The van der Waals surface area contributed by atoms with Gasteiger partial charge in [0, 0.05) is 7.05 Å². The number of rotatable bonds is 6. The van der Waals surface area contributed by atoms with Gasteiger partial charge < -0.3 is 9.47 Å². The van der Waals surface area contributed by atoms with Crippen molar-refractivity contribution in [2.75, 3.05) is 25.1 Å². The molecule has 0 unspecified atom stereocenters. The van der Waals surface area contributed by atoms with Crippen LogP contribution in [0.25, 0.3) is 0 Å². The molecule has 2 aromatic rings. The fourth-order valence-electron chi connectivity index (χ4n) is 2.22. The Balaban J connectivity index is 2.48. The van der Waals surface area contributed by atoms with Crippen molar-refractivity contribution in [3.8, 4) is 5.75 Å². The van der Waals surface area contributed by atoms with E-state index in [1.807, 2.05) is 0 Å². The second kappa shape index (κ2) is 7.76. The fourth-order valence-corrected chi connectivity index (χ4v) is 3.79. The number of hydrogen-bond acceptors (Lipinski definition) is 5. The molecule has 0 amide bonds. The van der Waals surface area contributed by atoms with Gasteiger partial charge in [-0.3, -0.25) is 4.31 Å². The normalized spacial score (nSPS) is 11.0. The Morgan fingerprint density at radius 1 is 1.20 bits per heavy atom. The van der Waals surface area contributed by atoms with E-state index in [0.717, 1.165) is 4.31 Å². The number of nitrogens with zero attached hydrogens (tertiary/aromatic N) is 1. The second-order valence-electron chi connectivity index (χ2n) is 5.01. The molecule has 8 heteroatoms. The third kappa shape index (κ3) is 3.88. The molecule has 0 N–H and O–H groups in total. The summed E-state index contributed by atoms with van der Waals surface area (Å²) in [5.74, 6) is -0.219. The number of benzene rings is 2. The molecule has 0 spiro atoms. The van der Waals surface area contributed by atoms with Crippen LogP contribution in [0.5, 0.6) is 5.75 Å². The first kappa shape index (κ1) is 19.1. The maximum Gasteiger partial charge on any atom is 0.340 e. The standard InChI is InChI=1S/C17H18ClNO5S/c1-4-24-17(20)13-7-5-6-8-15(13)19(2)25(21,22)12-9-10-16(23-3)14(18)11-12/h5-11H,4H2,1-3H3. The topological polar surface area (TPSA) is 72.9 Å². The third-order valence-electron chi connectivity index (χ3n) is 3.52. The maximum atomic E-state index is 12.9. The highest BCUT2D eigenvalue weighted by Gasteiger charge is 2.26. The van der Waals surface area contributed by atoms with Crippen LogP contribution in [0.2, 0.25) is 5.02 Å². The van der Waals surface area contributed by atoms with Crippen LogP contribution in [0.4, 0.5) is 5.69 Å². The van der Waals surface area contributed by atoms with Crippen LogP contribution in [0.3, 0.4) is 0 Å². The molecule has 134 valence electrons. The van der Waals surface area contributed by atoms with E-state index in [4.69, 9.17) is 21.1 Å². The van der Waals surface area contributed by atoms with E-state index < -0.39 is 16.0 Å². The minimum Gasteiger partial charge on any atom is -0.495 e. The van der Waals surface area contributed by atoms with Crippen molar-refractivity contribution < 1.29 is 22.7 Å². The van der Waals surface area contributed by atoms with Crippen molar-refractivity contribution in [1.29, 1.82) is 0 Å². The predicted octanol–water partition coefficient (Wildman–Crippen LogP) is 3.35. The monoisotopic (exact) mass is 383 g/mol. The van der Waals surface area contributed by atoms with Crippen LogP contribution in [-0.2, 0) is 14.8 Å². The molecular weight excluding hydrogens is 366 g/mol. The van der Waals surface area contributed by atoms with Crippen LogP contribution in [0.15, 0.2) is 47.4 Å². The Bertz CT molecular complexity index is 882. The lowest BCUT2D eigenvalue weighted by atomic mass is 10.2. The van der Waals surface area contributed by atoms with Gasteiger partial charge in [-0.2, -0.15) is 0 Å². The highest BCUT2D eigenvalue weighted by atomic mass is 35.5. The molecule has 0 aliphatic carbocycles. The summed E-state index contributed by atoms with van der Waals surface area (Å²) in [5.41, 5.74) is 0.378. The molecule has 2 rings (SSSR count). The van der Waals surface area contributed by atoms with Crippen LogP contribution in [0.1, 0.15) is 17.3 Å². The number of esters is 1. The number of hydrogen-bond donors (Lipinski definition) is 0. The van der Waals surface area contributed by atoms with E-state index in [9.17, 15) is 13.2 Å². The lowest BCUT2D eigenvalue weighted by Crippen LogP contribution is -2.28. The first-order chi connectivity index (χ1) is 11.8. The molecular formula is C17H18ClNO5S. The van der Waals surface area contributed by atoms with Gasteiger partial charge in [-0.1, -0.05) is 23.7 Å². The summed E-state index contributed by atoms with van der Waals surface area (Å²) in [6, 6.07) is 10.5. The van der Waals surface area contributed by atoms with Gasteiger partial charge in [0.2, 0.25) is 0 Å². The van der Waals surface area contributed by atoms with E-state index in [-0.39, 0.29) is 27.8 Å². The van der Waals surface area contributed by atoms with Gasteiger partial charge in [0.25, 0.3) is 10.0 Å². The van der Waals surface area contributed by atoms with Crippen LogP contribution >= 0.6 is 11.6 Å². The van der Waals surface area contributed by atoms with Gasteiger partial charge in [0.15, 0.2) is 0 Å². The average molecular weight is 384 g/mol. The number of anilines is 1. The van der Waals surface area contributed by atoms with Crippen LogP contribution < -0.4 is 9.04 Å². The quantitative estimate of drug-likeness (QED) is 0.715. The van der Waals surface area contributed by atoms with Crippen LogP contribution in [0, 0.1) is 0 Å². The summed E-state index contributed by atoms with van der Waals surface area (Å²) in [6.07, 6.45) is 0. The number of ether oxygens (including phenoxy) is 2. The minimum atomic E-state index is -3.92. The Labute approximate surface area is 152 Å². The van der Waals surface area contributed by atoms with E-state index in [2.05, 4.69) is 0 Å². The van der Waals surface area contributed by atoms with Crippen molar-refractivity contribution in [3.63, 3.8) is 0 Å². The van der Waals surface area contributed by atoms with Gasteiger partial charge in [-0.25, -0.2) is 13.2 Å². The molecule has 0 aromatic heterocycles. The molecule has 0 aliphatic heterocycles. The Kier molecular flexibility index (Phi) is 5.92. The van der Waals surface area contributed by atoms with Gasteiger partial charge in [0.1, 0.15) is 5.75 Å². The van der Waals surface area contributed by atoms with Gasteiger partial charge in [0.05, 0.1) is 34.9 Å². The predicted molar refractivity (Wildman–Crippen MR) is 96.0 cm³/mol. The SMILES string of the molecule is CCOC(=O)c1ccccc1N(C)S(=O)(=O)c1ccc(OC)c(Cl)c1. The zero-order valence-corrected chi connectivity index (χ0v) is 15.6. The number of halogens is 1. The molecule has 0 bridgehead atoms. The summed E-state index contributed by atoms with van der Waals surface area (Å²) in [5, 5.41) is 0.177. The summed E-state index contributed by atoms with van der Waals surface area (Å²) in [7, 11) is -1.12. The average Bonchev–Trinajstić information content (AvgIpc) is 2.61. The number of sulfonamides is 1. The molecule has 25 heavy (non-hydrogen) atoms. The number of methoxy groups -OCH3 is 1. The smallest absolute Gasteiger partial charge is 0.340 e. The second-order valence-corrected chi connectivity index (χ2v) is 7.38. The lowest BCUT2D eigenvalue weighted by molar-refractivity contribution is 0.0527. The van der Waals surface area contributed by atoms with Crippen molar-refractivity contribution >= 4 is 33.3 Å². The largest absolute Gasteiger partial charge is 0.495 e.